The predicted molar refractivity (Wildman–Crippen MR) is 64.1 cm³/mol. The van der Waals surface area contributed by atoms with Gasteiger partial charge >= 0.3 is 0 Å². The lowest BCUT2D eigenvalue weighted by Crippen LogP contribution is -2.54. The Morgan fingerprint density at radius 3 is 2.59 bits per heavy atom. The van der Waals surface area contributed by atoms with E-state index >= 15 is 0 Å². The summed E-state index contributed by atoms with van der Waals surface area (Å²) in [7, 11) is 0. The topological polar surface area (TPSA) is 46.6 Å². The number of carbonyl (C=O) groups is 2. The molecule has 90 valence electrons. The van der Waals surface area contributed by atoms with Gasteiger partial charge in [0.25, 0.3) is 5.91 Å². The number of hydrogen-bond donors (Lipinski definition) is 0. The van der Waals surface area contributed by atoms with Crippen LogP contribution in [-0.4, -0.2) is 17.4 Å². The molecule has 0 N–H and O–H groups in total. The smallest absolute Gasteiger partial charge is 0.277 e. The van der Waals surface area contributed by atoms with Gasteiger partial charge in [-0.15, -0.1) is 0 Å². The normalized spacial score (nSPS) is 17.4. The molecule has 0 radical (unpaired) electrons. The molecule has 0 bridgehead atoms. The minimum atomic E-state index is -1.01. The van der Waals surface area contributed by atoms with Crippen molar-refractivity contribution in [3.05, 3.63) is 23.8 Å². The first-order chi connectivity index (χ1) is 7.83. The van der Waals surface area contributed by atoms with Gasteiger partial charge in [0, 0.05) is 6.92 Å². The van der Waals surface area contributed by atoms with Crippen LogP contribution in [0, 0.1) is 6.92 Å². The van der Waals surface area contributed by atoms with Crippen LogP contribution < -0.4 is 9.64 Å². The van der Waals surface area contributed by atoms with E-state index in [1.807, 2.05) is 13.0 Å². The van der Waals surface area contributed by atoms with Gasteiger partial charge in [-0.3, -0.25) is 9.59 Å². The van der Waals surface area contributed by atoms with Crippen molar-refractivity contribution in [2.75, 3.05) is 4.90 Å². The number of nitrogens with zero attached hydrogens (tertiary/aromatic N) is 1. The van der Waals surface area contributed by atoms with Crippen molar-refractivity contribution >= 4 is 17.5 Å². The first-order valence-electron chi connectivity index (χ1n) is 5.48. The highest BCUT2D eigenvalue weighted by molar-refractivity contribution is 6.18. The molecular formula is C13H15NO3. The van der Waals surface area contributed by atoms with E-state index < -0.39 is 5.60 Å². The molecule has 0 saturated carbocycles. The number of aryl methyl sites for hydroxylation is 1. The minimum absolute atomic E-state index is 0.293. The molecule has 2 rings (SSSR count). The summed E-state index contributed by atoms with van der Waals surface area (Å²) in [4.78, 5) is 24.9. The molecular weight excluding hydrogens is 218 g/mol. The quantitative estimate of drug-likeness (QED) is 0.689. The van der Waals surface area contributed by atoms with Crippen LogP contribution >= 0.6 is 0 Å². The van der Waals surface area contributed by atoms with Crippen molar-refractivity contribution in [1.29, 1.82) is 0 Å². The van der Waals surface area contributed by atoms with Crippen molar-refractivity contribution in [3.8, 4) is 5.75 Å². The number of anilines is 1. The summed E-state index contributed by atoms with van der Waals surface area (Å²) in [6, 6.07) is 5.46. The summed E-state index contributed by atoms with van der Waals surface area (Å²) in [5.41, 5.74) is 0.501. The predicted octanol–water partition coefficient (Wildman–Crippen LogP) is 2.05. The van der Waals surface area contributed by atoms with Crippen molar-refractivity contribution < 1.29 is 14.3 Å². The maximum Gasteiger partial charge on any atom is 0.277 e. The third kappa shape index (κ3) is 1.79. The minimum Gasteiger partial charge on any atom is -0.476 e. The van der Waals surface area contributed by atoms with E-state index in [9.17, 15) is 9.59 Å². The van der Waals surface area contributed by atoms with Gasteiger partial charge in [0.15, 0.2) is 5.60 Å². The molecule has 1 aliphatic rings. The maximum absolute atomic E-state index is 12.1. The molecule has 4 nitrogen and oxygen atoms in total. The Kier molecular flexibility index (Phi) is 2.45. The molecule has 0 aliphatic carbocycles. The second-order valence-corrected chi connectivity index (χ2v) is 4.74. The van der Waals surface area contributed by atoms with Crippen LogP contribution in [0.2, 0.25) is 0 Å². The Morgan fingerprint density at radius 1 is 1.35 bits per heavy atom. The molecule has 0 saturated heterocycles. The molecule has 1 aromatic rings. The van der Waals surface area contributed by atoms with Crippen LogP contribution in [0.4, 0.5) is 5.69 Å². The molecule has 0 atom stereocenters. The summed E-state index contributed by atoms with van der Waals surface area (Å²) in [5, 5.41) is 0. The average molecular weight is 233 g/mol. The summed E-state index contributed by atoms with van der Waals surface area (Å²) >= 11 is 0. The van der Waals surface area contributed by atoms with E-state index in [0.717, 1.165) is 5.56 Å². The Hall–Kier alpha value is -1.84. The van der Waals surface area contributed by atoms with Crippen molar-refractivity contribution in [2.45, 2.75) is 33.3 Å². The highest BCUT2D eigenvalue weighted by Gasteiger charge is 2.42. The monoisotopic (exact) mass is 233 g/mol. The fourth-order valence-electron chi connectivity index (χ4n) is 1.90. The highest BCUT2D eigenvalue weighted by atomic mass is 16.5. The average Bonchev–Trinajstić information content (AvgIpc) is 2.20. The molecule has 0 fully saturated rings. The van der Waals surface area contributed by atoms with E-state index in [1.165, 1.54) is 11.8 Å². The standard InChI is InChI=1S/C13H15NO3/c1-8-5-6-11-10(7-8)14(9(2)15)12(16)13(3,4)17-11/h5-7H,1-4H3. The van der Waals surface area contributed by atoms with Gasteiger partial charge in [-0.25, -0.2) is 4.90 Å². The van der Waals surface area contributed by atoms with Crippen LogP contribution in [0.25, 0.3) is 0 Å². The summed E-state index contributed by atoms with van der Waals surface area (Å²) in [5.74, 6) is -0.0586. The molecule has 4 heteroatoms. The van der Waals surface area contributed by atoms with Gasteiger partial charge in [0.05, 0.1) is 5.69 Å². The van der Waals surface area contributed by atoms with E-state index in [4.69, 9.17) is 4.74 Å². The number of carbonyl (C=O) groups excluding carboxylic acids is 2. The molecule has 0 unspecified atom stereocenters. The largest absolute Gasteiger partial charge is 0.476 e. The number of rotatable bonds is 0. The highest BCUT2D eigenvalue weighted by Crippen LogP contribution is 2.38. The lowest BCUT2D eigenvalue weighted by atomic mass is 10.0. The Bertz CT molecular complexity index is 505. The van der Waals surface area contributed by atoms with Gasteiger partial charge in [0.1, 0.15) is 5.75 Å². The van der Waals surface area contributed by atoms with Crippen LogP contribution in [-0.2, 0) is 9.59 Å². The van der Waals surface area contributed by atoms with Gasteiger partial charge < -0.3 is 4.74 Å². The second kappa shape index (κ2) is 3.58. The van der Waals surface area contributed by atoms with E-state index in [2.05, 4.69) is 0 Å². The second-order valence-electron chi connectivity index (χ2n) is 4.74. The lowest BCUT2D eigenvalue weighted by Gasteiger charge is -2.37. The first-order valence-corrected chi connectivity index (χ1v) is 5.48. The van der Waals surface area contributed by atoms with Gasteiger partial charge in [-0.2, -0.15) is 0 Å². The number of imide groups is 1. The third-order valence-corrected chi connectivity index (χ3v) is 2.75. The van der Waals surface area contributed by atoms with Crippen molar-refractivity contribution in [3.63, 3.8) is 0 Å². The number of ether oxygens (including phenoxy) is 1. The van der Waals surface area contributed by atoms with Crippen LogP contribution in [0.15, 0.2) is 18.2 Å². The van der Waals surface area contributed by atoms with E-state index in [-0.39, 0.29) is 11.8 Å². The van der Waals surface area contributed by atoms with E-state index in [1.54, 1.807) is 26.0 Å². The summed E-state index contributed by atoms with van der Waals surface area (Å²) in [6.45, 7) is 6.61. The van der Waals surface area contributed by atoms with E-state index in [0.29, 0.717) is 11.4 Å². The van der Waals surface area contributed by atoms with Crippen LogP contribution in [0.1, 0.15) is 26.3 Å². The molecule has 1 heterocycles. The fourth-order valence-corrected chi connectivity index (χ4v) is 1.90. The fraction of sp³-hybridized carbons (Fsp3) is 0.385. The van der Waals surface area contributed by atoms with Gasteiger partial charge in [-0.1, -0.05) is 6.07 Å². The Balaban J connectivity index is 2.63. The number of amides is 2. The SMILES string of the molecule is CC(=O)N1C(=O)C(C)(C)Oc2ccc(C)cc21. The first kappa shape index (κ1) is 11.6. The Morgan fingerprint density at radius 2 is 2.00 bits per heavy atom. The molecule has 0 aromatic heterocycles. The summed E-state index contributed by atoms with van der Waals surface area (Å²) < 4.78 is 5.62. The van der Waals surface area contributed by atoms with Gasteiger partial charge in [0.2, 0.25) is 5.91 Å². The molecule has 1 aliphatic heterocycles. The zero-order valence-electron chi connectivity index (χ0n) is 10.4. The zero-order chi connectivity index (χ0) is 12.8. The number of benzene rings is 1. The molecule has 17 heavy (non-hydrogen) atoms. The van der Waals surface area contributed by atoms with Crippen molar-refractivity contribution in [2.24, 2.45) is 0 Å². The summed E-state index contributed by atoms with van der Waals surface area (Å²) in [6.07, 6.45) is 0. The van der Waals surface area contributed by atoms with Crippen molar-refractivity contribution in [1.82, 2.24) is 0 Å². The zero-order valence-corrected chi connectivity index (χ0v) is 10.4. The third-order valence-electron chi connectivity index (χ3n) is 2.75. The number of fused-ring (bicyclic) bond motifs is 1. The van der Waals surface area contributed by atoms with Gasteiger partial charge in [-0.05, 0) is 38.5 Å². The molecule has 2 amide bonds. The molecule has 0 spiro atoms. The molecule has 1 aromatic carbocycles. The van der Waals surface area contributed by atoms with Crippen LogP contribution in [0.5, 0.6) is 5.75 Å². The van der Waals surface area contributed by atoms with Crippen LogP contribution in [0.3, 0.4) is 0 Å². The number of hydrogen-bond acceptors (Lipinski definition) is 3. The maximum atomic E-state index is 12.1. The lowest BCUT2D eigenvalue weighted by molar-refractivity contribution is -0.136. The Labute approximate surface area is 100 Å².